The smallest absolute Gasteiger partial charge is 0.178 e. The molecule has 0 radical (unpaired) electrons. The highest BCUT2D eigenvalue weighted by molar-refractivity contribution is 7.91. The molecule has 5 rings (SSSR count). The van der Waals surface area contributed by atoms with E-state index in [1.54, 1.807) is 37.4 Å². The molecule has 0 saturated heterocycles. The number of sulfone groups is 1. The van der Waals surface area contributed by atoms with Crippen molar-refractivity contribution in [2.24, 2.45) is 5.92 Å². The minimum atomic E-state index is -3.31. The van der Waals surface area contributed by atoms with Crippen molar-refractivity contribution in [3.63, 3.8) is 0 Å². The average molecular weight is 531 g/mol. The molecule has 1 atom stereocenters. The van der Waals surface area contributed by atoms with Crippen molar-refractivity contribution in [3.8, 4) is 16.9 Å². The maximum Gasteiger partial charge on any atom is 0.178 e. The maximum atomic E-state index is 12.6. The molecule has 2 N–H and O–H groups in total. The first-order valence-corrected chi connectivity index (χ1v) is 13.7. The highest BCUT2D eigenvalue weighted by atomic mass is 35.5. The fourth-order valence-corrected chi connectivity index (χ4v) is 6.70. The number of fused-ring (bicyclic) bond motifs is 1. The third-order valence-electron chi connectivity index (χ3n) is 6.37. The number of aromatic nitrogens is 2. The highest BCUT2D eigenvalue weighted by Gasteiger charge is 2.29. The van der Waals surface area contributed by atoms with Gasteiger partial charge in [0.1, 0.15) is 11.6 Å². The van der Waals surface area contributed by atoms with Crippen LogP contribution in [0.2, 0.25) is 10.0 Å². The van der Waals surface area contributed by atoms with Gasteiger partial charge in [-0.25, -0.2) is 13.4 Å². The van der Waals surface area contributed by atoms with Crippen LogP contribution in [0.1, 0.15) is 30.1 Å². The molecule has 3 aromatic carbocycles. The van der Waals surface area contributed by atoms with Gasteiger partial charge in [0.05, 0.1) is 51.4 Å². The number of imidazole rings is 1. The zero-order chi connectivity index (χ0) is 24.7. The number of nitrogens with zero attached hydrogens (tertiary/aromatic N) is 1. The molecule has 0 spiro atoms. The standard InChI is InChI=1S/C26H24Cl2N2O4S/c1-34-22-5-3-2-4-18(22)23-20(27)12-21-25(24(23)28)30-26(29-21)19(13-31)16-8-10-17(11-9-16)35(32,33)14-15-6-7-15/h2-5,8-12,15,19,31H,6-7,13-14H2,1H3,(H,29,30). The van der Waals surface area contributed by atoms with E-state index in [2.05, 4.69) is 9.97 Å². The van der Waals surface area contributed by atoms with Crippen LogP contribution in [0.5, 0.6) is 5.75 Å². The zero-order valence-electron chi connectivity index (χ0n) is 19.0. The summed E-state index contributed by atoms with van der Waals surface area (Å²) in [7, 11) is -1.72. The quantitative estimate of drug-likeness (QED) is 0.298. The normalized spacial score (nSPS) is 14.9. The maximum absolute atomic E-state index is 12.6. The van der Waals surface area contributed by atoms with E-state index < -0.39 is 15.8 Å². The number of aromatic amines is 1. The lowest BCUT2D eigenvalue weighted by Crippen LogP contribution is -2.10. The average Bonchev–Trinajstić information content (AvgIpc) is 3.55. The van der Waals surface area contributed by atoms with Gasteiger partial charge in [0.15, 0.2) is 9.84 Å². The van der Waals surface area contributed by atoms with Crippen LogP contribution in [-0.4, -0.2) is 43.0 Å². The first-order chi connectivity index (χ1) is 16.8. The van der Waals surface area contributed by atoms with Crippen LogP contribution in [0.25, 0.3) is 22.2 Å². The number of benzene rings is 3. The molecule has 9 heteroatoms. The van der Waals surface area contributed by atoms with Crippen molar-refractivity contribution in [1.29, 1.82) is 0 Å². The lowest BCUT2D eigenvalue weighted by atomic mass is 9.99. The summed E-state index contributed by atoms with van der Waals surface area (Å²) in [5.41, 5.74) is 3.28. The van der Waals surface area contributed by atoms with E-state index in [4.69, 9.17) is 27.9 Å². The molecule has 4 aromatic rings. The van der Waals surface area contributed by atoms with Crippen LogP contribution in [0, 0.1) is 5.92 Å². The fourth-order valence-electron chi connectivity index (χ4n) is 4.31. The van der Waals surface area contributed by atoms with Gasteiger partial charge in [-0.05, 0) is 48.6 Å². The van der Waals surface area contributed by atoms with Gasteiger partial charge in [0.2, 0.25) is 0 Å². The second-order valence-corrected chi connectivity index (χ2v) is 11.6. The summed E-state index contributed by atoms with van der Waals surface area (Å²) in [5.74, 6) is 1.11. The monoisotopic (exact) mass is 530 g/mol. The SMILES string of the molecule is COc1ccccc1-c1c(Cl)cc2nc(C(CO)c3ccc(S(=O)(=O)CC4CC4)cc3)[nH]c2c1Cl. The molecule has 1 aliphatic rings. The number of hydrogen-bond donors (Lipinski definition) is 2. The molecule has 1 unspecified atom stereocenters. The number of H-pyrrole nitrogens is 1. The molecule has 0 aliphatic heterocycles. The van der Waals surface area contributed by atoms with E-state index in [0.29, 0.717) is 43.1 Å². The minimum absolute atomic E-state index is 0.188. The van der Waals surface area contributed by atoms with Gasteiger partial charge in [0.25, 0.3) is 0 Å². The first-order valence-electron chi connectivity index (χ1n) is 11.3. The van der Waals surface area contributed by atoms with E-state index >= 15 is 0 Å². The lowest BCUT2D eigenvalue weighted by molar-refractivity contribution is 0.277. The van der Waals surface area contributed by atoms with E-state index in [1.165, 1.54) is 0 Å². The van der Waals surface area contributed by atoms with Crippen LogP contribution in [0.4, 0.5) is 0 Å². The van der Waals surface area contributed by atoms with E-state index in [0.717, 1.165) is 24.0 Å². The molecule has 1 saturated carbocycles. The summed E-state index contributed by atoms with van der Waals surface area (Å²) < 4.78 is 30.6. The number of aliphatic hydroxyl groups is 1. The Labute approximate surface area is 213 Å². The van der Waals surface area contributed by atoms with Gasteiger partial charge >= 0.3 is 0 Å². The van der Waals surface area contributed by atoms with Crippen molar-refractivity contribution in [3.05, 3.63) is 76.0 Å². The summed E-state index contributed by atoms with van der Waals surface area (Å²) in [6.45, 7) is -0.224. The molecule has 182 valence electrons. The Hall–Kier alpha value is -2.58. The number of rotatable bonds is 8. The van der Waals surface area contributed by atoms with Crippen LogP contribution < -0.4 is 4.74 Å². The number of halogens is 2. The number of methoxy groups -OCH3 is 1. The number of aliphatic hydroxyl groups excluding tert-OH is 1. The van der Waals surface area contributed by atoms with Crippen LogP contribution in [-0.2, 0) is 9.84 Å². The zero-order valence-corrected chi connectivity index (χ0v) is 21.3. The predicted molar refractivity (Wildman–Crippen MR) is 138 cm³/mol. The van der Waals surface area contributed by atoms with Crippen LogP contribution >= 0.6 is 23.2 Å². The van der Waals surface area contributed by atoms with Gasteiger partial charge in [-0.3, -0.25) is 0 Å². The molecular weight excluding hydrogens is 507 g/mol. The van der Waals surface area contributed by atoms with E-state index in [1.807, 2.05) is 24.3 Å². The molecular formula is C26H24Cl2N2O4S. The molecule has 1 heterocycles. The number of hydrogen-bond acceptors (Lipinski definition) is 5. The predicted octanol–water partition coefficient (Wildman–Crippen LogP) is 5.85. The third kappa shape index (κ3) is 4.66. The van der Waals surface area contributed by atoms with Crippen molar-refractivity contribution in [1.82, 2.24) is 9.97 Å². The molecule has 35 heavy (non-hydrogen) atoms. The van der Waals surface area contributed by atoms with Gasteiger partial charge in [0, 0.05) is 11.1 Å². The Morgan fingerprint density at radius 2 is 1.86 bits per heavy atom. The Balaban J connectivity index is 1.52. The number of nitrogens with one attached hydrogen (secondary N) is 1. The van der Waals surface area contributed by atoms with Crippen molar-refractivity contribution < 1.29 is 18.3 Å². The van der Waals surface area contributed by atoms with Crippen LogP contribution in [0.15, 0.2) is 59.5 Å². The summed E-state index contributed by atoms with van der Waals surface area (Å²) in [6, 6.07) is 15.8. The van der Waals surface area contributed by atoms with Gasteiger partial charge < -0.3 is 14.8 Å². The first kappa shape index (κ1) is 24.1. The lowest BCUT2D eigenvalue weighted by Gasteiger charge is -2.13. The second kappa shape index (κ2) is 9.47. The largest absolute Gasteiger partial charge is 0.496 e. The molecule has 0 bridgehead atoms. The van der Waals surface area contributed by atoms with Gasteiger partial charge in [-0.15, -0.1) is 0 Å². The van der Waals surface area contributed by atoms with Gasteiger partial charge in [-0.2, -0.15) is 0 Å². The fraction of sp³-hybridized carbons (Fsp3) is 0.269. The Bertz CT molecular complexity index is 1500. The summed E-state index contributed by atoms with van der Waals surface area (Å²) in [6.07, 6.45) is 1.95. The Morgan fingerprint density at radius 3 is 2.51 bits per heavy atom. The van der Waals surface area contributed by atoms with Crippen molar-refractivity contribution in [2.45, 2.75) is 23.7 Å². The Kier molecular flexibility index (Phi) is 6.53. The molecule has 0 amide bonds. The topological polar surface area (TPSA) is 92.3 Å². The third-order valence-corrected chi connectivity index (χ3v) is 8.95. The Morgan fingerprint density at radius 1 is 1.14 bits per heavy atom. The molecule has 1 aliphatic carbocycles. The summed E-state index contributed by atoms with van der Waals surface area (Å²) in [4.78, 5) is 8.19. The van der Waals surface area contributed by atoms with Gasteiger partial charge in [-0.1, -0.05) is 53.5 Å². The molecule has 1 aromatic heterocycles. The van der Waals surface area contributed by atoms with Crippen molar-refractivity contribution in [2.75, 3.05) is 19.5 Å². The summed E-state index contributed by atoms with van der Waals surface area (Å²) in [5, 5.41) is 11.0. The molecule has 6 nitrogen and oxygen atoms in total. The number of para-hydroxylation sites is 1. The van der Waals surface area contributed by atoms with Crippen molar-refractivity contribution >= 4 is 44.1 Å². The highest BCUT2D eigenvalue weighted by Crippen LogP contribution is 2.43. The second-order valence-electron chi connectivity index (χ2n) is 8.79. The minimum Gasteiger partial charge on any atom is -0.496 e. The molecule has 1 fully saturated rings. The summed E-state index contributed by atoms with van der Waals surface area (Å²) >= 11 is 13.4. The van der Waals surface area contributed by atoms with E-state index in [9.17, 15) is 13.5 Å². The number of ether oxygens (including phenoxy) is 1. The van der Waals surface area contributed by atoms with Crippen LogP contribution in [0.3, 0.4) is 0 Å². The van der Waals surface area contributed by atoms with E-state index in [-0.39, 0.29) is 18.3 Å².